The molecule has 0 atom stereocenters. The van der Waals surface area contributed by atoms with Gasteiger partial charge in [0.2, 0.25) is 5.78 Å². The number of carbonyl (C=O) groups is 2. The molecule has 0 spiro atoms. The predicted molar refractivity (Wildman–Crippen MR) is 121 cm³/mol. The number of amides is 1. The summed E-state index contributed by atoms with van der Waals surface area (Å²) in [7, 11) is 3.39. The number of hydrogen-bond donors (Lipinski definition) is 1. The van der Waals surface area contributed by atoms with E-state index in [2.05, 4.69) is 5.32 Å². The molecular formula is C24H18N2O4S. The maximum absolute atomic E-state index is 13.3. The first kappa shape index (κ1) is 19.1. The van der Waals surface area contributed by atoms with Crippen LogP contribution in [-0.4, -0.2) is 23.4 Å². The molecule has 1 N–H and O–H groups in total. The lowest BCUT2D eigenvalue weighted by atomic mass is 10.1. The van der Waals surface area contributed by atoms with Gasteiger partial charge in [0.25, 0.3) is 5.91 Å². The molecule has 6 nitrogen and oxygen atoms in total. The molecule has 0 aliphatic rings. The Morgan fingerprint density at radius 3 is 2.71 bits per heavy atom. The van der Waals surface area contributed by atoms with Crippen molar-refractivity contribution < 1.29 is 18.7 Å². The summed E-state index contributed by atoms with van der Waals surface area (Å²) in [5.74, 6) is 0.00524. The van der Waals surface area contributed by atoms with E-state index >= 15 is 0 Å². The number of aromatic nitrogens is 1. The van der Waals surface area contributed by atoms with E-state index in [-0.39, 0.29) is 17.5 Å². The molecule has 3 heterocycles. The van der Waals surface area contributed by atoms with Gasteiger partial charge in [0.1, 0.15) is 17.0 Å². The zero-order valence-corrected chi connectivity index (χ0v) is 17.7. The summed E-state index contributed by atoms with van der Waals surface area (Å²) < 4.78 is 14.0. The van der Waals surface area contributed by atoms with Crippen LogP contribution in [0.5, 0.6) is 5.75 Å². The van der Waals surface area contributed by atoms with Gasteiger partial charge in [0.15, 0.2) is 5.76 Å². The van der Waals surface area contributed by atoms with Crippen LogP contribution < -0.4 is 10.1 Å². The Bertz CT molecular complexity index is 1460. The summed E-state index contributed by atoms with van der Waals surface area (Å²) in [4.78, 5) is 26.4. The maximum atomic E-state index is 13.3. The Hall–Kier alpha value is -3.84. The number of methoxy groups -OCH3 is 1. The second-order valence-electron chi connectivity index (χ2n) is 7.08. The highest BCUT2D eigenvalue weighted by Crippen LogP contribution is 2.34. The molecular weight excluding hydrogens is 412 g/mol. The van der Waals surface area contributed by atoms with Crippen molar-refractivity contribution in [2.24, 2.45) is 7.05 Å². The topological polar surface area (TPSA) is 73.5 Å². The molecule has 5 aromatic rings. The number of carbonyl (C=O) groups excluding carboxylic acids is 2. The van der Waals surface area contributed by atoms with Crippen molar-refractivity contribution in [2.45, 2.75) is 0 Å². The minimum atomic E-state index is -0.335. The van der Waals surface area contributed by atoms with E-state index in [1.165, 1.54) is 0 Å². The fraction of sp³-hybridized carbons (Fsp3) is 0.0833. The number of ether oxygens (including phenoxy) is 1. The summed E-state index contributed by atoms with van der Waals surface area (Å²) in [6, 6.07) is 17.9. The van der Waals surface area contributed by atoms with E-state index in [4.69, 9.17) is 9.15 Å². The molecule has 31 heavy (non-hydrogen) atoms. The molecule has 7 heteroatoms. The van der Waals surface area contributed by atoms with Gasteiger partial charge in [-0.05, 0) is 41.8 Å². The Morgan fingerprint density at radius 2 is 1.90 bits per heavy atom. The summed E-state index contributed by atoms with van der Waals surface area (Å²) in [5, 5.41) is 5.57. The Balaban J connectivity index is 1.59. The summed E-state index contributed by atoms with van der Waals surface area (Å²) >= 11 is 1.57. The molecule has 0 aliphatic carbocycles. The fourth-order valence-electron chi connectivity index (χ4n) is 3.67. The molecule has 2 aromatic carbocycles. The zero-order chi connectivity index (χ0) is 21.5. The SMILES string of the molecule is COc1cccc(C(=O)c2oc3ccccc3c2NC(=O)c2cc3sccc3n2C)c1. The van der Waals surface area contributed by atoms with Crippen molar-refractivity contribution in [3.8, 4) is 5.75 Å². The van der Waals surface area contributed by atoms with Gasteiger partial charge in [-0.2, -0.15) is 0 Å². The molecule has 0 unspecified atom stereocenters. The van der Waals surface area contributed by atoms with E-state index in [1.54, 1.807) is 48.8 Å². The van der Waals surface area contributed by atoms with Crippen LogP contribution in [0.3, 0.4) is 0 Å². The Labute approximate surface area is 181 Å². The lowest BCUT2D eigenvalue weighted by Crippen LogP contribution is -2.17. The van der Waals surface area contributed by atoms with E-state index in [0.717, 1.165) is 10.2 Å². The van der Waals surface area contributed by atoms with Crippen molar-refractivity contribution in [1.29, 1.82) is 0 Å². The van der Waals surface area contributed by atoms with Gasteiger partial charge in [-0.15, -0.1) is 11.3 Å². The number of hydrogen-bond acceptors (Lipinski definition) is 5. The van der Waals surface area contributed by atoms with E-state index in [0.29, 0.717) is 33.7 Å². The number of nitrogens with one attached hydrogen (secondary N) is 1. The largest absolute Gasteiger partial charge is 0.497 e. The molecule has 3 aromatic heterocycles. The highest BCUT2D eigenvalue weighted by molar-refractivity contribution is 7.17. The second kappa shape index (κ2) is 7.45. The number of fused-ring (bicyclic) bond motifs is 2. The number of anilines is 1. The van der Waals surface area contributed by atoms with E-state index in [9.17, 15) is 9.59 Å². The first-order valence-corrected chi connectivity index (χ1v) is 10.5. The van der Waals surface area contributed by atoms with Gasteiger partial charge in [0.05, 0.1) is 23.0 Å². The van der Waals surface area contributed by atoms with Crippen LogP contribution in [-0.2, 0) is 7.05 Å². The van der Waals surface area contributed by atoms with Gasteiger partial charge < -0.3 is 19.0 Å². The quantitative estimate of drug-likeness (QED) is 0.375. The zero-order valence-electron chi connectivity index (χ0n) is 16.8. The minimum absolute atomic E-state index is 0.0822. The predicted octanol–water partition coefficient (Wildman–Crippen LogP) is 5.48. The van der Waals surface area contributed by atoms with Crippen LogP contribution >= 0.6 is 11.3 Å². The first-order chi connectivity index (χ1) is 15.1. The monoisotopic (exact) mass is 430 g/mol. The number of aryl methyl sites for hydroxylation is 1. The molecule has 154 valence electrons. The molecule has 0 saturated carbocycles. The number of benzene rings is 2. The van der Waals surface area contributed by atoms with Crippen LogP contribution in [0.15, 0.2) is 70.5 Å². The van der Waals surface area contributed by atoms with Gasteiger partial charge in [0, 0.05) is 18.0 Å². The smallest absolute Gasteiger partial charge is 0.272 e. The highest BCUT2D eigenvalue weighted by atomic mass is 32.1. The lowest BCUT2D eigenvalue weighted by Gasteiger charge is -2.08. The summed E-state index contributed by atoms with van der Waals surface area (Å²) in [5.41, 5.74) is 2.79. The molecule has 5 rings (SSSR count). The Kier molecular flexibility index (Phi) is 4.60. The average Bonchev–Trinajstić information content (AvgIpc) is 3.48. The van der Waals surface area contributed by atoms with Gasteiger partial charge in [-0.3, -0.25) is 9.59 Å². The number of rotatable bonds is 5. The lowest BCUT2D eigenvalue weighted by molar-refractivity contribution is 0.101. The van der Waals surface area contributed by atoms with Crippen LogP contribution in [0.1, 0.15) is 26.6 Å². The Morgan fingerprint density at radius 1 is 1.06 bits per heavy atom. The average molecular weight is 430 g/mol. The van der Waals surface area contributed by atoms with Crippen LogP contribution in [0.2, 0.25) is 0 Å². The number of nitrogens with zero attached hydrogens (tertiary/aromatic N) is 1. The van der Waals surface area contributed by atoms with Gasteiger partial charge in [-0.25, -0.2) is 0 Å². The molecule has 0 fully saturated rings. The molecule has 0 saturated heterocycles. The number of para-hydroxylation sites is 1. The van der Waals surface area contributed by atoms with E-state index in [1.807, 2.05) is 47.3 Å². The molecule has 0 aliphatic heterocycles. The van der Waals surface area contributed by atoms with Crippen molar-refractivity contribution in [2.75, 3.05) is 12.4 Å². The van der Waals surface area contributed by atoms with E-state index < -0.39 is 0 Å². The van der Waals surface area contributed by atoms with Crippen LogP contribution in [0.25, 0.3) is 21.2 Å². The third-order valence-corrected chi connectivity index (χ3v) is 6.12. The van der Waals surface area contributed by atoms with Gasteiger partial charge in [-0.1, -0.05) is 24.3 Å². The number of furan rings is 1. The van der Waals surface area contributed by atoms with Crippen LogP contribution in [0.4, 0.5) is 5.69 Å². The standard InChI is InChI=1S/C24H18N2O4S/c1-26-17-10-11-31-20(17)13-18(26)24(28)25-21-16-8-3-4-9-19(16)30-23(21)22(27)14-6-5-7-15(12-14)29-2/h3-13H,1-2H3,(H,25,28). The fourth-order valence-corrected chi connectivity index (χ4v) is 4.52. The van der Waals surface area contributed by atoms with Crippen molar-refractivity contribution in [1.82, 2.24) is 4.57 Å². The third kappa shape index (κ3) is 3.19. The van der Waals surface area contributed by atoms with Crippen molar-refractivity contribution in [3.05, 3.63) is 83.1 Å². The summed E-state index contributed by atoms with van der Waals surface area (Å²) in [6.07, 6.45) is 0. The second-order valence-corrected chi connectivity index (χ2v) is 8.02. The molecule has 1 amide bonds. The van der Waals surface area contributed by atoms with Crippen molar-refractivity contribution >= 4 is 49.9 Å². The van der Waals surface area contributed by atoms with Crippen LogP contribution in [0, 0.1) is 0 Å². The molecule has 0 bridgehead atoms. The summed E-state index contributed by atoms with van der Waals surface area (Å²) in [6.45, 7) is 0. The first-order valence-electron chi connectivity index (χ1n) is 9.61. The minimum Gasteiger partial charge on any atom is -0.497 e. The van der Waals surface area contributed by atoms with Gasteiger partial charge >= 0.3 is 0 Å². The third-order valence-electron chi connectivity index (χ3n) is 5.27. The number of ketones is 1. The van der Waals surface area contributed by atoms with Crippen molar-refractivity contribution in [3.63, 3.8) is 0 Å². The molecule has 0 radical (unpaired) electrons. The number of thiophene rings is 1. The normalized spacial score (nSPS) is 11.2. The highest BCUT2D eigenvalue weighted by Gasteiger charge is 2.25. The maximum Gasteiger partial charge on any atom is 0.272 e.